The molecule has 1 N–H and O–H groups in total. The topological polar surface area (TPSA) is 49.4 Å². The zero-order valence-corrected chi connectivity index (χ0v) is 12.1. The average molecular weight is 292 g/mol. The summed E-state index contributed by atoms with van der Waals surface area (Å²) in [7, 11) is 0. The maximum absolute atomic E-state index is 12.3. The van der Waals surface area contributed by atoms with Crippen LogP contribution in [0.25, 0.3) is 0 Å². The van der Waals surface area contributed by atoms with Crippen molar-refractivity contribution in [2.75, 3.05) is 5.32 Å². The molecular formula is C18H16N2O2. The van der Waals surface area contributed by atoms with E-state index in [1.807, 2.05) is 42.5 Å². The SMILES string of the molecule is C=CC(=O)N1Cc2ccc(C(=O)Nc3ccccc3)cc2C1. The molecule has 3 rings (SSSR count). The molecule has 1 aliphatic heterocycles. The van der Waals surface area contributed by atoms with E-state index in [0.29, 0.717) is 18.7 Å². The standard InChI is InChI=1S/C18H16N2O2/c1-2-17(21)20-11-14-9-8-13(10-15(14)12-20)18(22)19-16-6-4-3-5-7-16/h2-10H,1,11-12H2,(H,19,22). The van der Waals surface area contributed by atoms with E-state index < -0.39 is 0 Å². The smallest absolute Gasteiger partial charge is 0.255 e. The van der Waals surface area contributed by atoms with Crippen LogP contribution in [0.5, 0.6) is 0 Å². The number of benzene rings is 2. The van der Waals surface area contributed by atoms with Gasteiger partial charge in [0.2, 0.25) is 5.91 Å². The van der Waals surface area contributed by atoms with Crippen molar-refractivity contribution in [3.63, 3.8) is 0 Å². The molecule has 1 aliphatic rings. The molecule has 2 amide bonds. The van der Waals surface area contributed by atoms with Gasteiger partial charge in [0, 0.05) is 24.3 Å². The number of nitrogens with zero attached hydrogens (tertiary/aromatic N) is 1. The number of amides is 2. The van der Waals surface area contributed by atoms with Gasteiger partial charge < -0.3 is 10.2 Å². The number of nitrogens with one attached hydrogen (secondary N) is 1. The average Bonchev–Trinajstić information content (AvgIpc) is 2.98. The molecule has 0 saturated carbocycles. The summed E-state index contributed by atoms with van der Waals surface area (Å²) in [6, 6.07) is 14.9. The van der Waals surface area contributed by atoms with E-state index in [9.17, 15) is 9.59 Å². The molecule has 4 heteroatoms. The van der Waals surface area contributed by atoms with Crippen molar-refractivity contribution in [3.05, 3.63) is 77.9 Å². The van der Waals surface area contributed by atoms with Crippen LogP contribution in [0.15, 0.2) is 61.2 Å². The van der Waals surface area contributed by atoms with Gasteiger partial charge >= 0.3 is 0 Å². The highest BCUT2D eigenvalue weighted by molar-refractivity contribution is 6.04. The van der Waals surface area contributed by atoms with Crippen LogP contribution in [0, 0.1) is 0 Å². The van der Waals surface area contributed by atoms with E-state index >= 15 is 0 Å². The summed E-state index contributed by atoms with van der Waals surface area (Å²) < 4.78 is 0. The van der Waals surface area contributed by atoms with Gasteiger partial charge in [-0.15, -0.1) is 0 Å². The van der Waals surface area contributed by atoms with Gasteiger partial charge in [0.25, 0.3) is 5.91 Å². The molecule has 0 unspecified atom stereocenters. The Balaban J connectivity index is 1.77. The first-order valence-corrected chi connectivity index (χ1v) is 7.07. The highest BCUT2D eigenvalue weighted by Crippen LogP contribution is 2.24. The van der Waals surface area contributed by atoms with Crippen LogP contribution in [0.2, 0.25) is 0 Å². The van der Waals surface area contributed by atoms with Crippen LogP contribution >= 0.6 is 0 Å². The molecule has 0 aliphatic carbocycles. The number of fused-ring (bicyclic) bond motifs is 1. The van der Waals surface area contributed by atoms with Gasteiger partial charge in [0.1, 0.15) is 0 Å². The van der Waals surface area contributed by atoms with E-state index in [4.69, 9.17) is 0 Å². The van der Waals surface area contributed by atoms with Gasteiger partial charge in [-0.1, -0.05) is 30.8 Å². The Morgan fingerprint density at radius 3 is 2.50 bits per heavy atom. The van der Waals surface area contributed by atoms with E-state index in [1.165, 1.54) is 6.08 Å². The van der Waals surface area contributed by atoms with Gasteiger partial charge in [0.15, 0.2) is 0 Å². The van der Waals surface area contributed by atoms with Crippen molar-refractivity contribution >= 4 is 17.5 Å². The number of carbonyl (C=O) groups excluding carboxylic acids is 2. The Morgan fingerprint density at radius 2 is 1.77 bits per heavy atom. The first-order chi connectivity index (χ1) is 10.7. The molecule has 4 nitrogen and oxygen atoms in total. The molecule has 0 atom stereocenters. The van der Waals surface area contributed by atoms with Crippen LogP contribution in [0.1, 0.15) is 21.5 Å². The fourth-order valence-electron chi connectivity index (χ4n) is 2.55. The highest BCUT2D eigenvalue weighted by atomic mass is 16.2. The van der Waals surface area contributed by atoms with E-state index in [2.05, 4.69) is 11.9 Å². The number of hydrogen-bond acceptors (Lipinski definition) is 2. The lowest BCUT2D eigenvalue weighted by atomic mass is 10.1. The maximum Gasteiger partial charge on any atom is 0.255 e. The third-order valence-corrected chi connectivity index (χ3v) is 3.71. The van der Waals surface area contributed by atoms with Gasteiger partial charge in [-0.3, -0.25) is 9.59 Å². The quantitative estimate of drug-likeness (QED) is 0.884. The van der Waals surface area contributed by atoms with Gasteiger partial charge in [-0.25, -0.2) is 0 Å². The van der Waals surface area contributed by atoms with Crippen molar-refractivity contribution in [2.24, 2.45) is 0 Å². The molecule has 0 radical (unpaired) electrons. The normalized spacial score (nSPS) is 12.6. The van der Waals surface area contributed by atoms with Crippen molar-refractivity contribution in [1.82, 2.24) is 4.90 Å². The summed E-state index contributed by atoms with van der Waals surface area (Å²) in [6.45, 7) is 4.60. The van der Waals surface area contributed by atoms with Crippen molar-refractivity contribution in [3.8, 4) is 0 Å². The molecule has 0 spiro atoms. The predicted octanol–water partition coefficient (Wildman–Crippen LogP) is 2.97. The summed E-state index contributed by atoms with van der Waals surface area (Å²) in [5.74, 6) is -0.242. The Kier molecular flexibility index (Phi) is 3.74. The number of anilines is 1. The molecule has 0 aromatic heterocycles. The maximum atomic E-state index is 12.3. The van der Waals surface area contributed by atoms with E-state index in [1.54, 1.807) is 11.0 Å². The third kappa shape index (κ3) is 2.76. The monoisotopic (exact) mass is 292 g/mol. The van der Waals surface area contributed by atoms with Crippen LogP contribution in [0.3, 0.4) is 0 Å². The van der Waals surface area contributed by atoms with Gasteiger partial charge in [-0.05, 0) is 41.5 Å². The lowest BCUT2D eigenvalue weighted by Crippen LogP contribution is -2.22. The summed E-state index contributed by atoms with van der Waals surface area (Å²) in [5.41, 5.74) is 3.44. The number of para-hydroxylation sites is 1. The summed E-state index contributed by atoms with van der Waals surface area (Å²) >= 11 is 0. The zero-order valence-electron chi connectivity index (χ0n) is 12.1. The van der Waals surface area contributed by atoms with Crippen LogP contribution in [-0.4, -0.2) is 16.7 Å². The van der Waals surface area contributed by atoms with Crippen LogP contribution in [0.4, 0.5) is 5.69 Å². The van der Waals surface area contributed by atoms with Gasteiger partial charge in [0.05, 0.1) is 0 Å². The zero-order chi connectivity index (χ0) is 15.5. The third-order valence-electron chi connectivity index (χ3n) is 3.71. The van der Waals surface area contributed by atoms with E-state index in [0.717, 1.165) is 16.8 Å². The number of carbonyl (C=O) groups is 2. The number of hydrogen-bond donors (Lipinski definition) is 1. The summed E-state index contributed by atoms with van der Waals surface area (Å²) in [6.07, 6.45) is 1.31. The summed E-state index contributed by atoms with van der Waals surface area (Å²) in [4.78, 5) is 25.7. The fraction of sp³-hybridized carbons (Fsp3) is 0.111. The minimum absolute atomic E-state index is 0.0912. The minimum atomic E-state index is -0.150. The Bertz CT molecular complexity index is 738. The second kappa shape index (κ2) is 5.85. The van der Waals surface area contributed by atoms with Crippen molar-refractivity contribution < 1.29 is 9.59 Å². The molecule has 0 bridgehead atoms. The molecule has 1 heterocycles. The Morgan fingerprint density at radius 1 is 1.05 bits per heavy atom. The second-order valence-corrected chi connectivity index (χ2v) is 5.20. The summed E-state index contributed by atoms with van der Waals surface area (Å²) in [5, 5.41) is 2.86. The highest BCUT2D eigenvalue weighted by Gasteiger charge is 2.22. The Hall–Kier alpha value is -2.88. The largest absolute Gasteiger partial charge is 0.331 e. The van der Waals surface area contributed by atoms with Crippen LogP contribution in [-0.2, 0) is 17.9 Å². The molecule has 110 valence electrons. The molecule has 0 fully saturated rings. The Labute approximate surface area is 129 Å². The second-order valence-electron chi connectivity index (χ2n) is 5.20. The van der Waals surface area contributed by atoms with E-state index in [-0.39, 0.29) is 11.8 Å². The fourth-order valence-corrected chi connectivity index (χ4v) is 2.55. The van der Waals surface area contributed by atoms with Crippen molar-refractivity contribution in [2.45, 2.75) is 13.1 Å². The van der Waals surface area contributed by atoms with Crippen LogP contribution < -0.4 is 5.32 Å². The number of rotatable bonds is 3. The first-order valence-electron chi connectivity index (χ1n) is 7.07. The first kappa shape index (κ1) is 14.1. The molecule has 22 heavy (non-hydrogen) atoms. The molecule has 2 aromatic carbocycles. The van der Waals surface area contributed by atoms with Crippen molar-refractivity contribution in [1.29, 1.82) is 0 Å². The molecule has 2 aromatic rings. The lowest BCUT2D eigenvalue weighted by Gasteiger charge is -2.11. The minimum Gasteiger partial charge on any atom is -0.331 e. The predicted molar refractivity (Wildman–Crippen MR) is 85.3 cm³/mol. The van der Waals surface area contributed by atoms with Gasteiger partial charge in [-0.2, -0.15) is 0 Å². The lowest BCUT2D eigenvalue weighted by molar-refractivity contribution is -0.126. The molecule has 0 saturated heterocycles. The molecular weight excluding hydrogens is 276 g/mol.